The molecule has 2 atom stereocenters. The van der Waals surface area contributed by atoms with Gasteiger partial charge in [-0.3, -0.25) is 4.79 Å². The van der Waals surface area contributed by atoms with Crippen molar-refractivity contribution in [2.45, 2.75) is 45.6 Å². The van der Waals surface area contributed by atoms with Crippen LogP contribution in [-0.4, -0.2) is 25.7 Å². The van der Waals surface area contributed by atoms with Gasteiger partial charge in [-0.05, 0) is 43.7 Å². The molecular formula is C15H23NO2S. The molecular weight excluding hydrogens is 258 g/mol. The van der Waals surface area contributed by atoms with Gasteiger partial charge in [-0.25, -0.2) is 0 Å². The summed E-state index contributed by atoms with van der Waals surface area (Å²) in [5.41, 5.74) is 1.40. The molecule has 2 rings (SSSR count). The maximum absolute atomic E-state index is 12.1. The van der Waals surface area contributed by atoms with E-state index >= 15 is 0 Å². The average Bonchev–Trinajstić information content (AvgIpc) is 2.81. The van der Waals surface area contributed by atoms with Crippen LogP contribution in [0.3, 0.4) is 0 Å². The number of aryl methyl sites for hydroxylation is 1. The van der Waals surface area contributed by atoms with Crippen LogP contribution in [0, 0.1) is 5.92 Å². The summed E-state index contributed by atoms with van der Waals surface area (Å²) in [6, 6.07) is 2.15. The molecule has 0 aliphatic heterocycles. The minimum atomic E-state index is 0.0389. The smallest absolute Gasteiger partial charge is 0.261 e. The van der Waals surface area contributed by atoms with E-state index in [1.165, 1.54) is 23.3 Å². The number of amides is 1. The van der Waals surface area contributed by atoms with E-state index in [9.17, 15) is 4.79 Å². The summed E-state index contributed by atoms with van der Waals surface area (Å²) in [6.07, 6.45) is 4.79. The van der Waals surface area contributed by atoms with Gasteiger partial charge in [0.25, 0.3) is 5.91 Å². The first kappa shape index (κ1) is 14.5. The van der Waals surface area contributed by atoms with Crippen LogP contribution < -0.4 is 5.32 Å². The highest BCUT2D eigenvalue weighted by Crippen LogP contribution is 2.33. The van der Waals surface area contributed by atoms with Crippen molar-refractivity contribution < 1.29 is 9.53 Å². The fourth-order valence-electron chi connectivity index (χ4n) is 2.65. The molecule has 0 fully saturated rings. The first-order valence-electron chi connectivity index (χ1n) is 7.05. The van der Waals surface area contributed by atoms with Crippen LogP contribution in [-0.2, 0) is 17.6 Å². The zero-order valence-corrected chi connectivity index (χ0v) is 12.8. The third kappa shape index (κ3) is 3.57. The molecule has 0 aromatic carbocycles. The van der Waals surface area contributed by atoms with Crippen molar-refractivity contribution in [3.63, 3.8) is 0 Å². The van der Waals surface area contributed by atoms with Crippen LogP contribution in [0.4, 0.5) is 0 Å². The Hall–Kier alpha value is -0.870. The number of carbonyl (C=O) groups is 1. The SMILES string of the molecule is CCC1CCc2sc(C(=O)NC(C)COC)cc2C1. The number of hydrogen-bond donors (Lipinski definition) is 1. The Kier molecular flexibility index (Phi) is 4.99. The van der Waals surface area contributed by atoms with Gasteiger partial charge >= 0.3 is 0 Å². The summed E-state index contributed by atoms with van der Waals surface area (Å²) in [6.45, 7) is 4.76. The third-order valence-electron chi connectivity index (χ3n) is 3.78. The monoisotopic (exact) mass is 281 g/mol. The zero-order valence-electron chi connectivity index (χ0n) is 12.0. The standard InChI is InChI=1S/C15H23NO2S/c1-4-11-5-6-13-12(7-11)8-14(19-13)15(17)16-10(2)9-18-3/h8,10-11H,4-7,9H2,1-3H3,(H,16,17). The molecule has 0 radical (unpaired) electrons. The number of carbonyl (C=O) groups excluding carboxylic acids is 1. The predicted octanol–water partition coefficient (Wildman–Crippen LogP) is 3.03. The van der Waals surface area contributed by atoms with E-state index in [1.54, 1.807) is 18.4 Å². The molecule has 2 unspecified atom stereocenters. The van der Waals surface area contributed by atoms with Crippen molar-refractivity contribution in [3.8, 4) is 0 Å². The van der Waals surface area contributed by atoms with Crippen molar-refractivity contribution in [2.75, 3.05) is 13.7 Å². The molecule has 0 spiro atoms. The summed E-state index contributed by atoms with van der Waals surface area (Å²) < 4.78 is 5.04. The van der Waals surface area contributed by atoms with Gasteiger partial charge in [0.1, 0.15) is 0 Å². The van der Waals surface area contributed by atoms with E-state index in [0.717, 1.165) is 23.6 Å². The van der Waals surface area contributed by atoms with Crippen LogP contribution in [0.1, 0.15) is 46.8 Å². The Morgan fingerprint density at radius 2 is 2.42 bits per heavy atom. The maximum Gasteiger partial charge on any atom is 0.261 e. The normalized spacial score (nSPS) is 19.8. The lowest BCUT2D eigenvalue weighted by Gasteiger charge is -2.19. The molecule has 1 aliphatic carbocycles. The second-order valence-corrected chi connectivity index (χ2v) is 6.54. The first-order chi connectivity index (χ1) is 9.13. The molecule has 1 aromatic heterocycles. The van der Waals surface area contributed by atoms with E-state index in [2.05, 4.69) is 18.3 Å². The van der Waals surface area contributed by atoms with Gasteiger partial charge in [-0.15, -0.1) is 11.3 Å². The molecule has 1 aliphatic rings. The Morgan fingerprint density at radius 3 is 3.11 bits per heavy atom. The van der Waals surface area contributed by atoms with E-state index in [0.29, 0.717) is 6.61 Å². The van der Waals surface area contributed by atoms with Crippen LogP contribution >= 0.6 is 11.3 Å². The molecule has 1 heterocycles. The first-order valence-corrected chi connectivity index (χ1v) is 7.87. The lowest BCUT2D eigenvalue weighted by molar-refractivity contribution is 0.0909. The Morgan fingerprint density at radius 1 is 1.63 bits per heavy atom. The van der Waals surface area contributed by atoms with Crippen molar-refractivity contribution in [1.29, 1.82) is 0 Å². The van der Waals surface area contributed by atoms with Crippen molar-refractivity contribution >= 4 is 17.2 Å². The molecule has 19 heavy (non-hydrogen) atoms. The number of thiophene rings is 1. The highest BCUT2D eigenvalue weighted by atomic mass is 32.1. The van der Waals surface area contributed by atoms with E-state index in [-0.39, 0.29) is 11.9 Å². The highest BCUT2D eigenvalue weighted by Gasteiger charge is 2.22. The van der Waals surface area contributed by atoms with E-state index in [1.807, 2.05) is 6.92 Å². The second-order valence-electron chi connectivity index (χ2n) is 5.41. The molecule has 0 saturated heterocycles. The van der Waals surface area contributed by atoms with Gasteiger partial charge in [0.15, 0.2) is 0 Å². The van der Waals surface area contributed by atoms with Crippen molar-refractivity contribution in [1.82, 2.24) is 5.32 Å². The van der Waals surface area contributed by atoms with Crippen LogP contribution in [0.15, 0.2) is 6.07 Å². The summed E-state index contributed by atoms with van der Waals surface area (Å²) in [4.78, 5) is 14.4. The fourth-order valence-corrected chi connectivity index (χ4v) is 3.76. The van der Waals surface area contributed by atoms with E-state index in [4.69, 9.17) is 4.74 Å². The molecule has 106 valence electrons. The Labute approximate surface area is 119 Å². The largest absolute Gasteiger partial charge is 0.383 e. The number of nitrogens with one attached hydrogen (secondary N) is 1. The molecule has 4 heteroatoms. The third-order valence-corrected chi connectivity index (χ3v) is 5.02. The summed E-state index contributed by atoms with van der Waals surface area (Å²) in [5.74, 6) is 0.836. The van der Waals surface area contributed by atoms with Gasteiger partial charge in [0.05, 0.1) is 11.5 Å². The van der Waals surface area contributed by atoms with Gasteiger partial charge in [-0.1, -0.05) is 13.3 Å². The van der Waals surface area contributed by atoms with Crippen molar-refractivity contribution in [2.24, 2.45) is 5.92 Å². The van der Waals surface area contributed by atoms with Crippen LogP contribution in [0.25, 0.3) is 0 Å². The summed E-state index contributed by atoms with van der Waals surface area (Å²) >= 11 is 1.66. The highest BCUT2D eigenvalue weighted by molar-refractivity contribution is 7.14. The number of ether oxygens (including phenoxy) is 1. The number of hydrogen-bond acceptors (Lipinski definition) is 3. The molecule has 1 N–H and O–H groups in total. The van der Waals surface area contributed by atoms with Crippen LogP contribution in [0.5, 0.6) is 0 Å². The maximum atomic E-state index is 12.1. The van der Waals surface area contributed by atoms with E-state index < -0.39 is 0 Å². The zero-order chi connectivity index (χ0) is 13.8. The Bertz CT molecular complexity index is 441. The summed E-state index contributed by atoms with van der Waals surface area (Å²) in [7, 11) is 1.65. The number of methoxy groups -OCH3 is 1. The lowest BCUT2D eigenvalue weighted by atomic mass is 9.87. The Balaban J connectivity index is 2.02. The predicted molar refractivity (Wildman–Crippen MR) is 78.9 cm³/mol. The molecule has 0 bridgehead atoms. The molecule has 3 nitrogen and oxygen atoms in total. The molecule has 1 aromatic rings. The number of fused-ring (bicyclic) bond motifs is 1. The second kappa shape index (κ2) is 6.53. The quantitative estimate of drug-likeness (QED) is 0.901. The van der Waals surface area contributed by atoms with Gasteiger partial charge in [-0.2, -0.15) is 0 Å². The van der Waals surface area contributed by atoms with Gasteiger partial charge < -0.3 is 10.1 Å². The summed E-state index contributed by atoms with van der Waals surface area (Å²) in [5, 5.41) is 2.98. The fraction of sp³-hybridized carbons (Fsp3) is 0.667. The van der Waals surface area contributed by atoms with Crippen molar-refractivity contribution in [3.05, 3.63) is 21.4 Å². The van der Waals surface area contributed by atoms with Gasteiger partial charge in [0.2, 0.25) is 0 Å². The van der Waals surface area contributed by atoms with Gasteiger partial charge in [0, 0.05) is 18.0 Å². The average molecular weight is 281 g/mol. The molecule has 1 amide bonds. The number of rotatable bonds is 5. The lowest BCUT2D eigenvalue weighted by Crippen LogP contribution is -2.35. The molecule has 0 saturated carbocycles. The van der Waals surface area contributed by atoms with Crippen LogP contribution in [0.2, 0.25) is 0 Å². The topological polar surface area (TPSA) is 38.3 Å². The minimum absolute atomic E-state index is 0.0389. The minimum Gasteiger partial charge on any atom is -0.383 e.